The Morgan fingerprint density at radius 1 is 1.06 bits per heavy atom. The number of likely N-dealkylation sites (N-methyl/N-ethyl adjacent to an activating group) is 2. The number of amides is 4. The lowest BCUT2D eigenvalue weighted by Gasteiger charge is -2.46. The van der Waals surface area contributed by atoms with Gasteiger partial charge in [0.1, 0.15) is 5.54 Å². The van der Waals surface area contributed by atoms with E-state index in [-0.39, 0.29) is 53.2 Å². The van der Waals surface area contributed by atoms with Crippen molar-refractivity contribution < 1.29 is 23.9 Å². The average molecular weight is 718 g/mol. The number of nitrogens with zero attached hydrogens (tertiary/aromatic N) is 2. The van der Waals surface area contributed by atoms with Crippen molar-refractivity contribution in [1.29, 1.82) is 0 Å². The quantitative estimate of drug-likeness (QED) is 0.165. The molecule has 7 atom stereocenters. The standard InChI is InChI=1S/C39H67N5O5S/c1-12-28(8)36(43(10)37(47)35(25(2)3)39(41-9,26(4)5)38(40)48)31(49-11)23-34(46)44-22-16-19-30(44)32(50-27(6)7)24-33(45)42-21-20-29-17-14-13-15-18-29/h13-15,17-18,25-28,30-32,35-36,41H,12,16,19-24H2,1-11H3,(H2,40,48)(H,42,45). The topological polar surface area (TPSA) is 134 Å². The number of carbonyl (C=O) groups is 4. The lowest BCUT2D eigenvalue weighted by Crippen LogP contribution is -2.68. The molecule has 1 aliphatic heterocycles. The minimum Gasteiger partial charge on any atom is -0.379 e. The molecule has 1 aromatic carbocycles. The second-order valence-electron chi connectivity index (χ2n) is 15.0. The van der Waals surface area contributed by atoms with Crippen LogP contribution in [0, 0.1) is 23.7 Å². The van der Waals surface area contributed by atoms with Crippen molar-refractivity contribution >= 4 is 35.4 Å². The van der Waals surface area contributed by atoms with Gasteiger partial charge in [-0.25, -0.2) is 0 Å². The molecular formula is C39H67N5O5S. The van der Waals surface area contributed by atoms with Crippen LogP contribution in [0.3, 0.4) is 0 Å². The molecule has 4 N–H and O–H groups in total. The number of nitrogens with one attached hydrogen (secondary N) is 2. The highest BCUT2D eigenvalue weighted by Gasteiger charge is 2.52. The average Bonchev–Trinajstić information content (AvgIpc) is 3.56. The van der Waals surface area contributed by atoms with Crippen LogP contribution in [0.1, 0.15) is 93.1 Å². The Kier molecular flexibility index (Phi) is 17.8. The number of benzene rings is 1. The van der Waals surface area contributed by atoms with E-state index in [0.29, 0.717) is 24.8 Å². The zero-order chi connectivity index (χ0) is 37.8. The molecule has 284 valence electrons. The Hall–Kier alpha value is -2.63. The van der Waals surface area contributed by atoms with Gasteiger partial charge < -0.3 is 30.9 Å². The molecule has 10 nitrogen and oxygen atoms in total. The van der Waals surface area contributed by atoms with E-state index in [0.717, 1.165) is 25.7 Å². The van der Waals surface area contributed by atoms with Gasteiger partial charge in [0.15, 0.2) is 0 Å². The first kappa shape index (κ1) is 43.5. The Labute approximate surface area is 306 Å². The highest BCUT2D eigenvalue weighted by molar-refractivity contribution is 8.00. The zero-order valence-electron chi connectivity index (χ0n) is 32.7. The molecule has 1 aromatic rings. The van der Waals surface area contributed by atoms with Crippen molar-refractivity contribution in [2.45, 2.75) is 128 Å². The molecule has 0 bridgehead atoms. The summed E-state index contributed by atoms with van der Waals surface area (Å²) in [5.41, 5.74) is 5.94. The summed E-state index contributed by atoms with van der Waals surface area (Å²) >= 11 is 1.76. The van der Waals surface area contributed by atoms with Gasteiger partial charge >= 0.3 is 0 Å². The number of hydrogen-bond acceptors (Lipinski definition) is 7. The summed E-state index contributed by atoms with van der Waals surface area (Å²) < 4.78 is 6.07. The molecule has 7 unspecified atom stereocenters. The number of hydrogen-bond donors (Lipinski definition) is 3. The van der Waals surface area contributed by atoms with Gasteiger partial charge in [0.05, 0.1) is 24.5 Å². The smallest absolute Gasteiger partial charge is 0.238 e. The van der Waals surface area contributed by atoms with Crippen LogP contribution in [0.5, 0.6) is 0 Å². The van der Waals surface area contributed by atoms with Gasteiger partial charge in [-0.15, -0.1) is 0 Å². The molecule has 2 rings (SSSR count). The van der Waals surface area contributed by atoms with Gasteiger partial charge in [0.25, 0.3) is 0 Å². The zero-order valence-corrected chi connectivity index (χ0v) is 33.5. The second-order valence-corrected chi connectivity index (χ2v) is 16.8. The van der Waals surface area contributed by atoms with Crippen molar-refractivity contribution in [3.8, 4) is 0 Å². The summed E-state index contributed by atoms with van der Waals surface area (Å²) in [5, 5.41) is 6.49. The molecule has 1 fully saturated rings. The fourth-order valence-corrected chi connectivity index (χ4v) is 9.38. The number of methoxy groups -OCH3 is 1. The first-order valence-corrected chi connectivity index (χ1v) is 19.5. The summed E-state index contributed by atoms with van der Waals surface area (Å²) in [6.07, 6.45) is 3.10. The Balaban J connectivity index is 2.30. The molecule has 0 aliphatic carbocycles. The summed E-state index contributed by atoms with van der Waals surface area (Å²) in [6, 6.07) is 9.61. The fourth-order valence-electron chi connectivity index (χ4n) is 7.97. The predicted molar refractivity (Wildman–Crippen MR) is 205 cm³/mol. The Bertz CT molecular complexity index is 1230. The number of likely N-dealkylation sites (tertiary alicyclic amines) is 1. The molecule has 0 radical (unpaired) electrons. The van der Waals surface area contributed by atoms with Gasteiger partial charge in [-0.05, 0) is 54.9 Å². The van der Waals surface area contributed by atoms with E-state index in [4.69, 9.17) is 10.5 Å². The number of rotatable bonds is 21. The largest absolute Gasteiger partial charge is 0.379 e. The SMILES string of the molecule is CCC(C)C(C(CC(=O)N1CCCC1C(CC(=O)NCCc1ccccc1)SC(C)C)OC)N(C)C(=O)C(C(C)C)C(NC)(C(N)=O)C(C)C. The van der Waals surface area contributed by atoms with Gasteiger partial charge in [0, 0.05) is 45.0 Å². The lowest BCUT2D eigenvalue weighted by molar-refractivity contribution is -0.153. The molecule has 4 amide bonds. The van der Waals surface area contributed by atoms with E-state index >= 15 is 0 Å². The summed E-state index contributed by atoms with van der Waals surface area (Å²) in [6.45, 7) is 17.3. The van der Waals surface area contributed by atoms with Crippen LogP contribution in [0.4, 0.5) is 0 Å². The second kappa shape index (κ2) is 20.4. The van der Waals surface area contributed by atoms with E-state index in [9.17, 15) is 19.2 Å². The highest BCUT2D eigenvalue weighted by Crippen LogP contribution is 2.36. The van der Waals surface area contributed by atoms with Crippen LogP contribution in [-0.2, 0) is 30.3 Å². The van der Waals surface area contributed by atoms with Crippen LogP contribution in [-0.4, -0.2) is 102 Å². The third-order valence-electron chi connectivity index (χ3n) is 10.7. The maximum Gasteiger partial charge on any atom is 0.238 e. The van der Waals surface area contributed by atoms with E-state index < -0.39 is 29.5 Å². The monoisotopic (exact) mass is 717 g/mol. The van der Waals surface area contributed by atoms with Crippen LogP contribution in [0.2, 0.25) is 0 Å². The van der Waals surface area contributed by atoms with Crippen LogP contribution < -0.4 is 16.4 Å². The summed E-state index contributed by atoms with van der Waals surface area (Å²) in [5.74, 6) is -1.96. The van der Waals surface area contributed by atoms with Gasteiger partial charge in [-0.3, -0.25) is 19.2 Å². The molecule has 1 saturated heterocycles. The molecule has 50 heavy (non-hydrogen) atoms. The van der Waals surface area contributed by atoms with Crippen LogP contribution in [0.15, 0.2) is 30.3 Å². The lowest BCUT2D eigenvalue weighted by atomic mass is 9.69. The fraction of sp³-hybridized carbons (Fsp3) is 0.744. The number of ether oxygens (including phenoxy) is 1. The van der Waals surface area contributed by atoms with E-state index in [2.05, 4.69) is 50.5 Å². The molecule has 1 heterocycles. The highest BCUT2D eigenvalue weighted by atomic mass is 32.2. The first-order chi connectivity index (χ1) is 23.6. The molecule has 11 heteroatoms. The van der Waals surface area contributed by atoms with Crippen molar-refractivity contribution in [3.05, 3.63) is 35.9 Å². The first-order valence-electron chi connectivity index (χ1n) is 18.6. The number of carbonyl (C=O) groups excluding carboxylic acids is 4. The summed E-state index contributed by atoms with van der Waals surface area (Å²) in [7, 11) is 5.04. The van der Waals surface area contributed by atoms with Gasteiger partial charge in [0.2, 0.25) is 23.6 Å². The Morgan fingerprint density at radius 2 is 1.70 bits per heavy atom. The van der Waals surface area contributed by atoms with Crippen molar-refractivity contribution in [1.82, 2.24) is 20.4 Å². The van der Waals surface area contributed by atoms with Crippen molar-refractivity contribution in [3.63, 3.8) is 0 Å². The maximum atomic E-state index is 14.5. The van der Waals surface area contributed by atoms with Crippen molar-refractivity contribution in [2.75, 3.05) is 34.3 Å². The Morgan fingerprint density at radius 3 is 2.20 bits per heavy atom. The number of primary amides is 1. The van der Waals surface area contributed by atoms with E-state index in [1.165, 1.54) is 5.56 Å². The van der Waals surface area contributed by atoms with E-state index in [1.54, 1.807) is 37.9 Å². The van der Waals surface area contributed by atoms with Crippen molar-refractivity contribution in [2.24, 2.45) is 29.4 Å². The molecule has 0 spiro atoms. The third-order valence-corrected chi connectivity index (χ3v) is 12.1. The molecular weight excluding hydrogens is 651 g/mol. The maximum absolute atomic E-state index is 14.5. The third kappa shape index (κ3) is 10.9. The molecule has 0 aromatic heterocycles. The minimum absolute atomic E-state index is 0.000157. The molecule has 1 aliphatic rings. The van der Waals surface area contributed by atoms with Crippen LogP contribution >= 0.6 is 11.8 Å². The molecule has 0 saturated carbocycles. The summed E-state index contributed by atoms with van der Waals surface area (Å²) in [4.78, 5) is 58.6. The normalized spacial score (nSPS) is 19.2. The number of nitrogens with two attached hydrogens (primary N) is 1. The van der Waals surface area contributed by atoms with E-state index in [1.807, 2.05) is 50.8 Å². The minimum atomic E-state index is -1.25. The van der Waals surface area contributed by atoms with Gasteiger partial charge in [-0.1, -0.05) is 92.1 Å². The van der Waals surface area contributed by atoms with Crippen LogP contribution in [0.25, 0.3) is 0 Å². The number of thioether (sulfide) groups is 1. The van der Waals surface area contributed by atoms with Gasteiger partial charge in [-0.2, -0.15) is 11.8 Å². The predicted octanol–water partition coefficient (Wildman–Crippen LogP) is 4.89.